The van der Waals surface area contributed by atoms with Crippen LogP contribution in [0, 0.1) is 5.82 Å². The maximum absolute atomic E-state index is 13.2. The zero-order valence-corrected chi connectivity index (χ0v) is 13.7. The van der Waals surface area contributed by atoms with Gasteiger partial charge in [0, 0.05) is 26.2 Å². The molecule has 1 fully saturated rings. The van der Waals surface area contributed by atoms with Crippen LogP contribution in [0.15, 0.2) is 54.6 Å². The Kier molecular flexibility index (Phi) is 5.28. The summed E-state index contributed by atoms with van der Waals surface area (Å²) in [5.74, 6) is 0.0811. The van der Waals surface area contributed by atoms with Crippen molar-refractivity contribution in [1.82, 2.24) is 9.80 Å². The summed E-state index contributed by atoms with van der Waals surface area (Å²) in [5.41, 5.74) is 0.649. The molecule has 2 amide bonds. The zero-order valence-electron chi connectivity index (χ0n) is 13.7. The number of carbonyl (C=O) groups excluding carboxylic acids is 2. The van der Waals surface area contributed by atoms with Crippen LogP contribution in [0.3, 0.4) is 0 Å². The van der Waals surface area contributed by atoms with E-state index in [9.17, 15) is 14.0 Å². The topological polar surface area (TPSA) is 49.9 Å². The Labute approximate surface area is 145 Å². The number of halogens is 1. The van der Waals surface area contributed by atoms with Crippen molar-refractivity contribution < 1.29 is 18.7 Å². The smallest absolute Gasteiger partial charge is 0.410 e. The van der Waals surface area contributed by atoms with Crippen LogP contribution >= 0.6 is 0 Å². The van der Waals surface area contributed by atoms with Crippen LogP contribution in [-0.4, -0.2) is 48.0 Å². The Morgan fingerprint density at radius 2 is 1.60 bits per heavy atom. The lowest BCUT2D eigenvalue weighted by atomic mass is 10.1. The molecule has 1 aliphatic rings. The first kappa shape index (κ1) is 17.0. The third kappa shape index (κ3) is 4.56. The van der Waals surface area contributed by atoms with Gasteiger partial charge >= 0.3 is 6.09 Å². The van der Waals surface area contributed by atoms with Gasteiger partial charge in [0.05, 0.1) is 6.42 Å². The van der Waals surface area contributed by atoms with Gasteiger partial charge in [-0.05, 0) is 29.8 Å². The van der Waals surface area contributed by atoms with E-state index >= 15 is 0 Å². The highest BCUT2D eigenvalue weighted by molar-refractivity contribution is 5.79. The van der Waals surface area contributed by atoms with Crippen molar-refractivity contribution in [3.8, 4) is 5.75 Å². The maximum Gasteiger partial charge on any atom is 0.415 e. The minimum atomic E-state index is -0.413. The van der Waals surface area contributed by atoms with Gasteiger partial charge in [-0.1, -0.05) is 30.3 Å². The van der Waals surface area contributed by atoms with Gasteiger partial charge < -0.3 is 14.5 Å². The summed E-state index contributed by atoms with van der Waals surface area (Å²) in [6.07, 6.45) is -0.255. The van der Waals surface area contributed by atoms with Crippen molar-refractivity contribution in [3.63, 3.8) is 0 Å². The number of piperazine rings is 1. The van der Waals surface area contributed by atoms with Crippen molar-refractivity contribution in [2.45, 2.75) is 6.42 Å². The molecular formula is C19H19FN2O3. The Balaban J connectivity index is 1.49. The standard InChI is InChI=1S/C19H19FN2O3/c20-16-6-4-5-15(13-16)14-18(23)21-9-11-22(12-10-21)19(24)25-17-7-2-1-3-8-17/h1-8,13H,9-12,14H2. The van der Waals surface area contributed by atoms with Gasteiger partial charge in [0.1, 0.15) is 11.6 Å². The van der Waals surface area contributed by atoms with Crippen molar-refractivity contribution in [3.05, 3.63) is 66.0 Å². The average Bonchev–Trinajstić information content (AvgIpc) is 2.62. The SMILES string of the molecule is O=C(Cc1cccc(F)c1)N1CCN(C(=O)Oc2ccccc2)CC1. The second-order valence-electron chi connectivity index (χ2n) is 5.86. The molecule has 2 aromatic rings. The number of hydrogen-bond donors (Lipinski definition) is 0. The first-order chi connectivity index (χ1) is 12.1. The van der Waals surface area contributed by atoms with Crippen LogP contribution in [0.4, 0.5) is 9.18 Å². The van der Waals surface area contributed by atoms with Crippen LogP contribution < -0.4 is 4.74 Å². The van der Waals surface area contributed by atoms with Crippen LogP contribution in [0.25, 0.3) is 0 Å². The van der Waals surface area contributed by atoms with Crippen molar-refractivity contribution in [2.24, 2.45) is 0 Å². The lowest BCUT2D eigenvalue weighted by molar-refractivity contribution is -0.132. The fourth-order valence-corrected chi connectivity index (χ4v) is 2.73. The number of hydrogen-bond acceptors (Lipinski definition) is 3. The van der Waals surface area contributed by atoms with Crippen LogP contribution in [0.5, 0.6) is 5.75 Å². The lowest BCUT2D eigenvalue weighted by Gasteiger charge is -2.34. The first-order valence-corrected chi connectivity index (χ1v) is 8.16. The van der Waals surface area contributed by atoms with Gasteiger partial charge in [0.2, 0.25) is 5.91 Å². The van der Waals surface area contributed by atoms with E-state index in [2.05, 4.69) is 0 Å². The number of amides is 2. The van der Waals surface area contributed by atoms with Gasteiger partial charge in [-0.25, -0.2) is 9.18 Å². The molecule has 0 spiro atoms. The summed E-state index contributed by atoms with van der Waals surface area (Å²) >= 11 is 0. The number of ether oxygens (including phenoxy) is 1. The summed E-state index contributed by atoms with van der Waals surface area (Å²) in [6.45, 7) is 1.72. The van der Waals surface area contributed by atoms with Crippen molar-refractivity contribution >= 4 is 12.0 Å². The molecule has 3 rings (SSSR count). The largest absolute Gasteiger partial charge is 0.415 e. The summed E-state index contributed by atoms with van der Waals surface area (Å²) in [7, 11) is 0. The monoisotopic (exact) mass is 342 g/mol. The van der Waals surface area contributed by atoms with E-state index in [0.717, 1.165) is 0 Å². The molecule has 0 unspecified atom stereocenters. The molecule has 0 bridgehead atoms. The predicted octanol–water partition coefficient (Wildman–Crippen LogP) is 2.71. The second kappa shape index (κ2) is 7.79. The van der Waals surface area contributed by atoms with Crippen LogP contribution in [0.2, 0.25) is 0 Å². The molecule has 1 aliphatic heterocycles. The molecule has 25 heavy (non-hydrogen) atoms. The van der Waals surface area contributed by atoms with Crippen LogP contribution in [-0.2, 0) is 11.2 Å². The summed E-state index contributed by atoms with van der Waals surface area (Å²) in [6, 6.07) is 14.9. The van der Waals surface area contributed by atoms with Gasteiger partial charge in [-0.15, -0.1) is 0 Å². The number of benzene rings is 2. The predicted molar refractivity (Wildman–Crippen MR) is 90.7 cm³/mol. The fraction of sp³-hybridized carbons (Fsp3) is 0.263. The van der Waals surface area contributed by atoms with E-state index < -0.39 is 6.09 Å². The maximum atomic E-state index is 13.2. The molecule has 0 saturated carbocycles. The number of carbonyl (C=O) groups is 2. The third-order valence-electron chi connectivity index (χ3n) is 4.08. The first-order valence-electron chi connectivity index (χ1n) is 8.16. The van der Waals surface area contributed by atoms with E-state index in [4.69, 9.17) is 4.74 Å². The molecule has 1 heterocycles. The quantitative estimate of drug-likeness (QED) is 0.862. The summed E-state index contributed by atoms with van der Waals surface area (Å²) in [5, 5.41) is 0. The minimum absolute atomic E-state index is 0.0679. The molecular weight excluding hydrogens is 323 g/mol. The lowest BCUT2D eigenvalue weighted by Crippen LogP contribution is -2.51. The van der Waals surface area contributed by atoms with Gasteiger partial charge in [0.25, 0.3) is 0 Å². The molecule has 5 nitrogen and oxygen atoms in total. The summed E-state index contributed by atoms with van der Waals surface area (Å²) in [4.78, 5) is 27.7. The second-order valence-corrected chi connectivity index (χ2v) is 5.86. The highest BCUT2D eigenvalue weighted by Crippen LogP contribution is 2.13. The molecule has 0 radical (unpaired) electrons. The highest BCUT2D eigenvalue weighted by Gasteiger charge is 2.25. The van der Waals surface area contributed by atoms with Gasteiger partial charge in [0.15, 0.2) is 0 Å². The van der Waals surface area contributed by atoms with E-state index in [0.29, 0.717) is 37.5 Å². The Morgan fingerprint density at radius 1 is 0.920 bits per heavy atom. The minimum Gasteiger partial charge on any atom is -0.410 e. The van der Waals surface area contributed by atoms with E-state index in [1.165, 1.54) is 12.1 Å². The van der Waals surface area contributed by atoms with Crippen molar-refractivity contribution in [1.29, 1.82) is 0 Å². The number of rotatable bonds is 3. The highest BCUT2D eigenvalue weighted by atomic mass is 19.1. The van der Waals surface area contributed by atoms with Crippen LogP contribution in [0.1, 0.15) is 5.56 Å². The molecule has 0 atom stereocenters. The number of nitrogens with zero attached hydrogens (tertiary/aromatic N) is 2. The normalized spacial score (nSPS) is 14.3. The van der Waals surface area contributed by atoms with E-state index in [1.807, 2.05) is 6.07 Å². The molecule has 0 aromatic heterocycles. The molecule has 2 aromatic carbocycles. The Morgan fingerprint density at radius 3 is 2.28 bits per heavy atom. The third-order valence-corrected chi connectivity index (χ3v) is 4.08. The molecule has 0 N–H and O–H groups in total. The van der Waals surface area contributed by atoms with Crippen molar-refractivity contribution in [2.75, 3.05) is 26.2 Å². The molecule has 1 saturated heterocycles. The zero-order chi connectivity index (χ0) is 17.6. The molecule has 0 aliphatic carbocycles. The Bertz CT molecular complexity index is 743. The number of para-hydroxylation sites is 1. The average molecular weight is 342 g/mol. The van der Waals surface area contributed by atoms with E-state index in [1.54, 1.807) is 46.2 Å². The van der Waals surface area contributed by atoms with E-state index in [-0.39, 0.29) is 18.1 Å². The van der Waals surface area contributed by atoms with Gasteiger partial charge in [-0.2, -0.15) is 0 Å². The van der Waals surface area contributed by atoms with Gasteiger partial charge in [-0.3, -0.25) is 4.79 Å². The Hall–Kier alpha value is -2.89. The fourth-order valence-electron chi connectivity index (χ4n) is 2.73. The summed E-state index contributed by atoms with van der Waals surface area (Å²) < 4.78 is 18.5. The molecule has 6 heteroatoms. The molecule has 130 valence electrons.